The first-order chi connectivity index (χ1) is 19.0. The number of fused-ring (bicyclic) bond motifs is 1. The number of hydrogen-bond acceptors (Lipinski definition) is 3. The molecule has 6 heteroatoms. The smallest absolute Gasteiger partial charge is 0.261 e. The number of nitrogens with zero attached hydrogens (tertiary/aromatic N) is 1. The van der Waals surface area contributed by atoms with Crippen LogP contribution in [0.2, 0.25) is 0 Å². The van der Waals surface area contributed by atoms with Crippen LogP contribution in [0.1, 0.15) is 36.5 Å². The molecule has 4 aromatic carbocycles. The van der Waals surface area contributed by atoms with Crippen molar-refractivity contribution in [3.05, 3.63) is 112 Å². The lowest BCUT2D eigenvalue weighted by molar-refractivity contribution is -0.142. The maximum Gasteiger partial charge on any atom is 0.261 e. The van der Waals surface area contributed by atoms with Crippen molar-refractivity contribution in [2.75, 3.05) is 13.2 Å². The van der Waals surface area contributed by atoms with Crippen LogP contribution >= 0.6 is 15.9 Å². The molecular weight excluding hydrogens is 552 g/mol. The van der Waals surface area contributed by atoms with Crippen molar-refractivity contribution >= 4 is 38.5 Å². The number of benzene rings is 4. The van der Waals surface area contributed by atoms with Crippen LogP contribution in [0, 0.1) is 6.92 Å². The first-order valence-corrected chi connectivity index (χ1v) is 14.2. The Balaban J connectivity index is 1.61. The van der Waals surface area contributed by atoms with E-state index in [0.29, 0.717) is 25.3 Å². The third-order valence-corrected chi connectivity index (χ3v) is 7.57. The van der Waals surface area contributed by atoms with E-state index in [1.807, 2.05) is 97.9 Å². The number of nitrogens with one attached hydrogen (secondary N) is 1. The molecule has 39 heavy (non-hydrogen) atoms. The van der Waals surface area contributed by atoms with E-state index in [9.17, 15) is 9.59 Å². The molecule has 0 radical (unpaired) electrons. The molecule has 0 aromatic heterocycles. The van der Waals surface area contributed by atoms with Gasteiger partial charge in [-0.25, -0.2) is 0 Å². The Hall–Kier alpha value is -3.64. The Morgan fingerprint density at radius 3 is 2.36 bits per heavy atom. The third-order valence-electron chi connectivity index (χ3n) is 6.75. The number of aryl methyl sites for hydroxylation is 1. The molecule has 0 saturated heterocycles. The second-order valence-electron chi connectivity index (χ2n) is 9.74. The van der Waals surface area contributed by atoms with Crippen LogP contribution in [0.5, 0.6) is 5.75 Å². The zero-order chi connectivity index (χ0) is 27.6. The van der Waals surface area contributed by atoms with Crippen molar-refractivity contribution in [2.24, 2.45) is 0 Å². The molecule has 0 heterocycles. The van der Waals surface area contributed by atoms with Gasteiger partial charge >= 0.3 is 0 Å². The van der Waals surface area contributed by atoms with Gasteiger partial charge in [-0.3, -0.25) is 9.59 Å². The molecule has 0 aliphatic rings. The average molecular weight is 588 g/mol. The van der Waals surface area contributed by atoms with E-state index in [1.165, 1.54) is 0 Å². The summed E-state index contributed by atoms with van der Waals surface area (Å²) < 4.78 is 6.86. The Morgan fingerprint density at radius 1 is 0.897 bits per heavy atom. The van der Waals surface area contributed by atoms with E-state index >= 15 is 0 Å². The van der Waals surface area contributed by atoms with Gasteiger partial charge < -0.3 is 15.0 Å². The fourth-order valence-electron chi connectivity index (χ4n) is 4.50. The van der Waals surface area contributed by atoms with Gasteiger partial charge in [-0.1, -0.05) is 104 Å². The highest BCUT2D eigenvalue weighted by Gasteiger charge is 2.30. The molecule has 1 unspecified atom stereocenters. The highest BCUT2D eigenvalue weighted by Crippen LogP contribution is 2.33. The van der Waals surface area contributed by atoms with Crippen molar-refractivity contribution in [3.8, 4) is 5.75 Å². The fourth-order valence-corrected chi connectivity index (χ4v) is 5.11. The fraction of sp³-hybridized carbons (Fsp3) is 0.273. The monoisotopic (exact) mass is 586 g/mol. The molecule has 2 amide bonds. The minimum Gasteiger partial charge on any atom is -0.483 e. The van der Waals surface area contributed by atoms with Crippen LogP contribution in [-0.4, -0.2) is 35.9 Å². The summed E-state index contributed by atoms with van der Waals surface area (Å²) in [5.41, 5.74) is 3.09. The highest BCUT2D eigenvalue weighted by atomic mass is 79.9. The topological polar surface area (TPSA) is 58.6 Å². The van der Waals surface area contributed by atoms with Gasteiger partial charge in [0.25, 0.3) is 5.91 Å². The molecule has 0 bridgehead atoms. The van der Waals surface area contributed by atoms with Crippen LogP contribution in [0.3, 0.4) is 0 Å². The van der Waals surface area contributed by atoms with Crippen LogP contribution in [0.25, 0.3) is 10.8 Å². The Labute approximate surface area is 239 Å². The van der Waals surface area contributed by atoms with Crippen LogP contribution in [0.4, 0.5) is 0 Å². The zero-order valence-corrected chi connectivity index (χ0v) is 24.1. The zero-order valence-electron chi connectivity index (χ0n) is 22.5. The molecule has 202 valence electrons. The summed E-state index contributed by atoms with van der Waals surface area (Å²) in [5.74, 6) is 0.186. The quantitative estimate of drug-likeness (QED) is 0.185. The highest BCUT2D eigenvalue weighted by molar-refractivity contribution is 9.10. The Morgan fingerprint density at radius 2 is 1.62 bits per heavy atom. The molecule has 1 atom stereocenters. The van der Waals surface area contributed by atoms with Gasteiger partial charge in [-0.15, -0.1) is 0 Å². The van der Waals surface area contributed by atoms with E-state index in [0.717, 1.165) is 44.8 Å². The van der Waals surface area contributed by atoms with E-state index in [1.54, 1.807) is 4.90 Å². The normalized spacial score (nSPS) is 11.7. The lowest BCUT2D eigenvalue weighted by Gasteiger charge is -2.31. The molecular formula is C33H35BrN2O3. The maximum atomic E-state index is 13.8. The number of hydrogen-bond donors (Lipinski definition) is 1. The molecule has 0 saturated carbocycles. The van der Waals surface area contributed by atoms with Gasteiger partial charge in [0.1, 0.15) is 11.8 Å². The van der Waals surface area contributed by atoms with Crippen LogP contribution in [-0.2, 0) is 22.6 Å². The van der Waals surface area contributed by atoms with Crippen molar-refractivity contribution in [3.63, 3.8) is 0 Å². The van der Waals surface area contributed by atoms with E-state index in [2.05, 4.69) is 28.2 Å². The molecule has 0 spiro atoms. The lowest BCUT2D eigenvalue weighted by atomic mass is 10.0. The molecule has 0 aliphatic carbocycles. The van der Waals surface area contributed by atoms with Gasteiger partial charge in [0, 0.05) is 19.5 Å². The van der Waals surface area contributed by atoms with Crippen molar-refractivity contribution in [1.29, 1.82) is 0 Å². The summed E-state index contributed by atoms with van der Waals surface area (Å²) in [6.07, 6.45) is 2.27. The van der Waals surface area contributed by atoms with E-state index < -0.39 is 6.04 Å². The van der Waals surface area contributed by atoms with E-state index in [4.69, 9.17) is 4.74 Å². The largest absolute Gasteiger partial charge is 0.483 e. The maximum absolute atomic E-state index is 13.8. The summed E-state index contributed by atoms with van der Waals surface area (Å²) in [7, 11) is 0. The summed E-state index contributed by atoms with van der Waals surface area (Å²) in [4.78, 5) is 29.0. The summed E-state index contributed by atoms with van der Waals surface area (Å²) in [6.45, 7) is 4.81. The van der Waals surface area contributed by atoms with Crippen LogP contribution < -0.4 is 10.1 Å². The number of unbranched alkanes of at least 4 members (excludes halogenated alkanes) is 1. The minimum atomic E-state index is -0.679. The van der Waals surface area contributed by atoms with Gasteiger partial charge in [0.2, 0.25) is 5.91 Å². The first kappa shape index (κ1) is 28.4. The minimum absolute atomic E-state index is 0.153. The van der Waals surface area contributed by atoms with Crippen molar-refractivity contribution < 1.29 is 14.3 Å². The second-order valence-corrected chi connectivity index (χ2v) is 10.5. The number of halogens is 1. The van der Waals surface area contributed by atoms with Crippen molar-refractivity contribution in [1.82, 2.24) is 10.2 Å². The van der Waals surface area contributed by atoms with Crippen LogP contribution in [0.15, 0.2) is 95.5 Å². The molecule has 4 aromatic rings. The summed E-state index contributed by atoms with van der Waals surface area (Å²) in [5, 5.41) is 5.15. The standard InChI is InChI=1S/C33H35BrN2O3/c1-3-4-20-35-33(38)29(21-25-10-6-5-7-11-25)36(22-26-16-14-24(2)15-17-26)31(37)23-39-30-19-18-27-12-8-9-13-28(27)32(30)34/h5-19,29H,3-4,20-23H2,1-2H3,(H,35,38). The average Bonchev–Trinajstić information content (AvgIpc) is 2.96. The van der Waals surface area contributed by atoms with Crippen molar-refractivity contribution in [2.45, 2.75) is 45.7 Å². The number of rotatable bonds is 12. The second kappa shape index (κ2) is 13.9. The molecule has 4 rings (SSSR count). The number of ether oxygens (including phenoxy) is 1. The molecule has 5 nitrogen and oxygen atoms in total. The van der Waals surface area contributed by atoms with Gasteiger partial charge in [-0.05, 0) is 57.2 Å². The third kappa shape index (κ3) is 7.70. The summed E-state index contributed by atoms with van der Waals surface area (Å²) in [6, 6.07) is 29.0. The number of carbonyl (C=O) groups is 2. The van der Waals surface area contributed by atoms with Gasteiger partial charge in [0.05, 0.1) is 4.47 Å². The van der Waals surface area contributed by atoms with E-state index in [-0.39, 0.29) is 18.4 Å². The lowest BCUT2D eigenvalue weighted by Crippen LogP contribution is -2.51. The first-order valence-electron chi connectivity index (χ1n) is 13.4. The molecule has 0 aliphatic heterocycles. The molecule has 1 N–H and O–H groups in total. The predicted octanol–water partition coefficient (Wildman–Crippen LogP) is 6.85. The van der Waals surface area contributed by atoms with Gasteiger partial charge in [0.15, 0.2) is 6.61 Å². The molecule has 0 fully saturated rings. The Kier molecular flexibility index (Phi) is 10.1. The number of carbonyl (C=O) groups excluding carboxylic acids is 2. The summed E-state index contributed by atoms with van der Waals surface area (Å²) >= 11 is 3.65. The SMILES string of the molecule is CCCCNC(=O)C(Cc1ccccc1)N(Cc1ccc(C)cc1)C(=O)COc1ccc2ccccc2c1Br. The van der Waals surface area contributed by atoms with Gasteiger partial charge in [-0.2, -0.15) is 0 Å². The Bertz CT molecular complexity index is 1390. The predicted molar refractivity (Wildman–Crippen MR) is 161 cm³/mol. The number of amides is 2.